The van der Waals surface area contributed by atoms with Crippen LogP contribution in [0.5, 0.6) is 5.75 Å². The van der Waals surface area contributed by atoms with Gasteiger partial charge in [0.15, 0.2) is 5.75 Å². The molecule has 0 aliphatic heterocycles. The van der Waals surface area contributed by atoms with E-state index in [2.05, 4.69) is 25.7 Å². The van der Waals surface area contributed by atoms with Crippen LogP contribution in [0.4, 0.5) is 0 Å². The zero-order chi connectivity index (χ0) is 9.14. The largest absolute Gasteiger partial charge is 0.421 e. The highest BCUT2D eigenvalue weighted by atomic mass is 79.9. The minimum absolute atomic E-state index is 0.00289. The smallest absolute Gasteiger partial charge is 0.308 e. The van der Waals surface area contributed by atoms with Gasteiger partial charge in [0.1, 0.15) is 0 Å². The number of aromatic amines is 1. The van der Waals surface area contributed by atoms with E-state index < -0.39 is 11.5 Å². The maximum absolute atomic E-state index is 11.0. The molecule has 0 fully saturated rings. The predicted octanol–water partition coefficient (Wildman–Crippen LogP) is 1.06. The van der Waals surface area contributed by atoms with Crippen molar-refractivity contribution in [3.63, 3.8) is 0 Å². The molecule has 64 valence electrons. The molecule has 5 heteroatoms. The van der Waals surface area contributed by atoms with Crippen molar-refractivity contribution in [2.24, 2.45) is 0 Å². The molecular formula is C7H6BrNO3. The lowest BCUT2D eigenvalue weighted by Crippen LogP contribution is -2.13. The summed E-state index contributed by atoms with van der Waals surface area (Å²) < 4.78 is 5.26. The SMILES string of the molecule is CC(=O)Oc1cc(Br)c[nH]c1=O. The average molecular weight is 232 g/mol. The predicted molar refractivity (Wildman–Crippen MR) is 46.1 cm³/mol. The second kappa shape index (κ2) is 3.53. The number of carbonyl (C=O) groups excluding carboxylic acids is 1. The molecule has 12 heavy (non-hydrogen) atoms. The minimum atomic E-state index is -0.515. The summed E-state index contributed by atoms with van der Waals surface area (Å²) in [6.45, 7) is 1.24. The Labute approximate surface area is 76.7 Å². The summed E-state index contributed by atoms with van der Waals surface area (Å²) in [5.41, 5.74) is -0.423. The van der Waals surface area contributed by atoms with Crippen molar-refractivity contribution in [3.8, 4) is 5.75 Å². The molecule has 0 radical (unpaired) electrons. The summed E-state index contributed by atoms with van der Waals surface area (Å²) in [5.74, 6) is -0.518. The Bertz CT molecular complexity index is 358. The molecule has 0 atom stereocenters. The molecule has 0 bridgehead atoms. The monoisotopic (exact) mass is 231 g/mol. The summed E-state index contributed by atoms with van der Waals surface area (Å²) in [5, 5.41) is 0. The van der Waals surface area contributed by atoms with E-state index >= 15 is 0 Å². The van der Waals surface area contributed by atoms with E-state index in [-0.39, 0.29) is 5.75 Å². The molecule has 1 aromatic heterocycles. The van der Waals surface area contributed by atoms with Crippen molar-refractivity contribution < 1.29 is 9.53 Å². The van der Waals surface area contributed by atoms with Crippen molar-refractivity contribution in [1.82, 2.24) is 4.98 Å². The van der Waals surface area contributed by atoms with E-state index in [1.807, 2.05) is 0 Å². The molecular weight excluding hydrogens is 226 g/mol. The first-order valence-electron chi connectivity index (χ1n) is 3.16. The first-order valence-corrected chi connectivity index (χ1v) is 3.95. The van der Waals surface area contributed by atoms with E-state index in [1.54, 1.807) is 0 Å². The van der Waals surface area contributed by atoms with Gasteiger partial charge in [-0.15, -0.1) is 0 Å². The van der Waals surface area contributed by atoms with Crippen LogP contribution in [-0.2, 0) is 4.79 Å². The average Bonchev–Trinajstić information content (AvgIpc) is 1.96. The molecule has 1 N–H and O–H groups in total. The number of ether oxygens (including phenoxy) is 1. The first-order chi connectivity index (χ1) is 5.59. The van der Waals surface area contributed by atoms with Crippen LogP contribution in [0.15, 0.2) is 21.5 Å². The summed E-state index contributed by atoms with van der Waals surface area (Å²) in [4.78, 5) is 23.8. The molecule has 4 nitrogen and oxygen atoms in total. The zero-order valence-electron chi connectivity index (χ0n) is 6.26. The van der Waals surface area contributed by atoms with Gasteiger partial charge in [-0.3, -0.25) is 9.59 Å². The van der Waals surface area contributed by atoms with Crippen molar-refractivity contribution in [1.29, 1.82) is 0 Å². The lowest BCUT2D eigenvalue weighted by atomic mass is 10.4. The Morgan fingerprint density at radius 2 is 2.33 bits per heavy atom. The topological polar surface area (TPSA) is 59.2 Å². The number of carbonyl (C=O) groups is 1. The molecule has 0 saturated carbocycles. The van der Waals surface area contributed by atoms with Gasteiger partial charge in [-0.2, -0.15) is 0 Å². The van der Waals surface area contributed by atoms with Crippen LogP contribution in [-0.4, -0.2) is 11.0 Å². The molecule has 1 rings (SSSR count). The van der Waals surface area contributed by atoms with Gasteiger partial charge < -0.3 is 9.72 Å². The third-order valence-corrected chi connectivity index (χ3v) is 1.55. The molecule has 0 saturated heterocycles. The molecule has 1 aromatic rings. The van der Waals surface area contributed by atoms with E-state index in [1.165, 1.54) is 19.2 Å². The molecule has 0 spiro atoms. The Kier molecular flexibility index (Phi) is 2.65. The van der Waals surface area contributed by atoms with Crippen molar-refractivity contribution in [3.05, 3.63) is 27.1 Å². The fourth-order valence-corrected chi connectivity index (χ4v) is 0.991. The number of H-pyrrole nitrogens is 1. The van der Waals surface area contributed by atoms with Gasteiger partial charge in [0, 0.05) is 23.7 Å². The summed E-state index contributed by atoms with van der Waals surface area (Å²) in [6, 6.07) is 1.43. The standard InChI is InChI=1S/C7H6BrNO3/c1-4(10)12-6-2-5(8)3-9-7(6)11/h2-3H,1H3,(H,9,11). The molecule has 0 aromatic carbocycles. The van der Waals surface area contributed by atoms with Crippen molar-refractivity contribution >= 4 is 21.9 Å². The van der Waals surface area contributed by atoms with E-state index in [9.17, 15) is 9.59 Å². The van der Waals surface area contributed by atoms with Gasteiger partial charge in [0.05, 0.1) is 0 Å². The maximum atomic E-state index is 11.0. The van der Waals surface area contributed by atoms with Gasteiger partial charge in [-0.05, 0) is 15.9 Å². The number of pyridine rings is 1. The zero-order valence-corrected chi connectivity index (χ0v) is 7.84. The van der Waals surface area contributed by atoms with Gasteiger partial charge in [0.25, 0.3) is 5.56 Å². The molecule has 1 heterocycles. The molecule has 0 amide bonds. The highest BCUT2D eigenvalue weighted by Gasteiger charge is 2.03. The van der Waals surface area contributed by atoms with Crippen molar-refractivity contribution in [2.45, 2.75) is 6.92 Å². The van der Waals surface area contributed by atoms with Crippen LogP contribution < -0.4 is 10.3 Å². The van der Waals surface area contributed by atoms with Crippen LogP contribution in [0.25, 0.3) is 0 Å². The van der Waals surface area contributed by atoms with Crippen LogP contribution in [0.2, 0.25) is 0 Å². The molecule has 0 aliphatic rings. The fraction of sp³-hybridized carbons (Fsp3) is 0.143. The summed E-state index contributed by atoms with van der Waals surface area (Å²) in [7, 11) is 0. The lowest BCUT2D eigenvalue weighted by Gasteiger charge is -1.98. The van der Waals surface area contributed by atoms with Crippen LogP contribution in [0.3, 0.4) is 0 Å². The number of nitrogens with one attached hydrogen (secondary N) is 1. The lowest BCUT2D eigenvalue weighted by molar-refractivity contribution is -0.131. The van der Waals surface area contributed by atoms with E-state index in [0.717, 1.165) is 0 Å². The second-order valence-corrected chi connectivity index (χ2v) is 3.02. The minimum Gasteiger partial charge on any atom is -0.421 e. The second-order valence-electron chi connectivity index (χ2n) is 2.10. The van der Waals surface area contributed by atoms with Crippen LogP contribution in [0, 0.1) is 0 Å². The highest BCUT2D eigenvalue weighted by Crippen LogP contribution is 2.11. The Morgan fingerprint density at radius 3 is 2.92 bits per heavy atom. The van der Waals surface area contributed by atoms with Crippen molar-refractivity contribution in [2.75, 3.05) is 0 Å². The number of esters is 1. The number of halogens is 1. The fourth-order valence-electron chi connectivity index (χ4n) is 0.669. The summed E-state index contributed by atoms with van der Waals surface area (Å²) >= 11 is 3.12. The van der Waals surface area contributed by atoms with E-state index in [4.69, 9.17) is 0 Å². The van der Waals surface area contributed by atoms with E-state index in [0.29, 0.717) is 4.47 Å². The molecule has 0 aliphatic carbocycles. The normalized spacial score (nSPS) is 9.50. The highest BCUT2D eigenvalue weighted by molar-refractivity contribution is 9.10. The van der Waals surface area contributed by atoms with Gasteiger partial charge in [0.2, 0.25) is 0 Å². The third-order valence-electron chi connectivity index (χ3n) is 1.09. The number of hydrogen-bond acceptors (Lipinski definition) is 3. The molecule has 0 unspecified atom stereocenters. The summed E-state index contributed by atoms with van der Waals surface area (Å²) in [6.07, 6.45) is 1.47. The number of hydrogen-bond donors (Lipinski definition) is 1. The maximum Gasteiger partial charge on any atom is 0.308 e. The third kappa shape index (κ3) is 2.20. The Hall–Kier alpha value is -1.10. The number of aromatic nitrogens is 1. The van der Waals surface area contributed by atoms with Gasteiger partial charge in [-0.1, -0.05) is 0 Å². The van der Waals surface area contributed by atoms with Crippen LogP contribution in [0.1, 0.15) is 6.92 Å². The Morgan fingerprint density at radius 1 is 1.67 bits per heavy atom. The van der Waals surface area contributed by atoms with Gasteiger partial charge >= 0.3 is 5.97 Å². The number of rotatable bonds is 1. The van der Waals surface area contributed by atoms with Crippen LogP contribution >= 0.6 is 15.9 Å². The Balaban J connectivity index is 3.06. The quantitative estimate of drug-likeness (QED) is 0.736. The van der Waals surface area contributed by atoms with Gasteiger partial charge in [-0.25, -0.2) is 0 Å². The first kappa shape index (κ1) is 8.99.